The van der Waals surface area contributed by atoms with Crippen LogP contribution in [-0.2, 0) is 11.4 Å². The topological polar surface area (TPSA) is 68.5 Å². The van der Waals surface area contributed by atoms with Crippen molar-refractivity contribution >= 4 is 5.91 Å². The zero-order valence-corrected chi connectivity index (χ0v) is 16.0. The van der Waals surface area contributed by atoms with Crippen LogP contribution in [0.15, 0.2) is 28.8 Å². The average molecular weight is 387 g/mol. The monoisotopic (exact) mass is 387 g/mol. The maximum Gasteiger partial charge on any atom is 0.264 e. The fraction of sp³-hybridized carbons (Fsp3) is 0.571. The van der Waals surface area contributed by atoms with E-state index >= 15 is 0 Å². The van der Waals surface area contributed by atoms with Crippen LogP contribution in [-0.4, -0.2) is 27.5 Å². The Morgan fingerprint density at radius 2 is 1.86 bits per heavy atom. The fourth-order valence-electron chi connectivity index (χ4n) is 4.19. The highest BCUT2D eigenvalue weighted by molar-refractivity contribution is 5.79. The number of carbonyl (C=O) groups is 1. The molecule has 1 atom stereocenters. The molecule has 1 aliphatic heterocycles. The predicted octanol–water partition coefficient (Wildman–Crippen LogP) is 4.42. The molecule has 2 fully saturated rings. The molecule has 1 saturated carbocycles. The highest BCUT2D eigenvalue weighted by Crippen LogP contribution is 2.34. The Kier molecular flexibility index (Phi) is 5.88. The van der Waals surface area contributed by atoms with Gasteiger partial charge in [0, 0.05) is 12.5 Å². The summed E-state index contributed by atoms with van der Waals surface area (Å²) < 4.78 is 23.9. The molecule has 2 aromatic rings. The molecule has 0 N–H and O–H groups in total. The molecule has 1 aromatic carbocycles. The number of benzene rings is 1. The second kappa shape index (κ2) is 8.71. The summed E-state index contributed by atoms with van der Waals surface area (Å²) >= 11 is 0. The number of halogens is 1. The molecule has 2 aliphatic rings. The first kappa shape index (κ1) is 18.9. The number of piperidine rings is 1. The van der Waals surface area contributed by atoms with Gasteiger partial charge < -0.3 is 14.2 Å². The lowest BCUT2D eigenvalue weighted by atomic mass is 9.87. The first-order chi connectivity index (χ1) is 13.7. The summed E-state index contributed by atoms with van der Waals surface area (Å²) in [6.45, 7) is 0.873. The first-order valence-electron chi connectivity index (χ1n) is 10.2. The Morgan fingerprint density at radius 3 is 2.64 bits per heavy atom. The fourth-order valence-corrected chi connectivity index (χ4v) is 4.19. The molecule has 6 nitrogen and oxygen atoms in total. The van der Waals surface area contributed by atoms with Gasteiger partial charge >= 0.3 is 0 Å². The molecule has 1 saturated heterocycles. The Morgan fingerprint density at radius 1 is 1.11 bits per heavy atom. The number of aromatic nitrogens is 2. The summed E-state index contributed by atoms with van der Waals surface area (Å²) in [4.78, 5) is 19.5. The van der Waals surface area contributed by atoms with E-state index in [0.717, 1.165) is 51.5 Å². The van der Waals surface area contributed by atoms with Gasteiger partial charge in [-0.3, -0.25) is 4.79 Å². The van der Waals surface area contributed by atoms with Gasteiger partial charge in [0.25, 0.3) is 5.89 Å². The van der Waals surface area contributed by atoms with Gasteiger partial charge in [0.1, 0.15) is 11.6 Å². The molecule has 150 valence electrons. The second-order valence-electron chi connectivity index (χ2n) is 7.67. The molecule has 2 heterocycles. The minimum Gasteiger partial charge on any atom is -0.484 e. The van der Waals surface area contributed by atoms with Crippen LogP contribution in [0.1, 0.15) is 69.1 Å². The van der Waals surface area contributed by atoms with Gasteiger partial charge in [-0.1, -0.05) is 24.4 Å². The summed E-state index contributed by atoms with van der Waals surface area (Å²) in [6, 6.07) is 5.67. The lowest BCUT2D eigenvalue weighted by Gasteiger charge is -2.37. The third-order valence-corrected chi connectivity index (χ3v) is 5.70. The van der Waals surface area contributed by atoms with Crippen molar-refractivity contribution in [2.75, 3.05) is 6.54 Å². The van der Waals surface area contributed by atoms with Gasteiger partial charge in [0.05, 0.1) is 6.04 Å². The Bertz CT molecular complexity index is 786. The van der Waals surface area contributed by atoms with Crippen LogP contribution in [0.2, 0.25) is 0 Å². The van der Waals surface area contributed by atoms with Crippen LogP contribution in [0.5, 0.6) is 5.75 Å². The maximum atomic E-state index is 13.1. The Labute approximate surface area is 164 Å². The highest BCUT2D eigenvalue weighted by atomic mass is 19.1. The molecule has 1 aliphatic carbocycles. The van der Waals surface area contributed by atoms with Crippen LogP contribution in [0.3, 0.4) is 0 Å². The third-order valence-electron chi connectivity index (χ3n) is 5.70. The van der Waals surface area contributed by atoms with Crippen LogP contribution in [0.25, 0.3) is 0 Å². The number of nitrogens with zero attached hydrogens (tertiary/aromatic N) is 3. The number of rotatable bonds is 5. The zero-order valence-electron chi connectivity index (χ0n) is 16.0. The summed E-state index contributed by atoms with van der Waals surface area (Å²) in [5.41, 5.74) is 0. The number of amides is 1. The zero-order chi connectivity index (χ0) is 19.3. The van der Waals surface area contributed by atoms with Gasteiger partial charge in [0.15, 0.2) is 12.4 Å². The Hall–Kier alpha value is -2.44. The molecular formula is C21H26FN3O3. The summed E-state index contributed by atoms with van der Waals surface area (Å²) in [5.74, 6) is 1.53. The number of likely N-dealkylation sites (tertiary alicyclic amines) is 1. The van der Waals surface area contributed by atoms with E-state index in [4.69, 9.17) is 9.26 Å². The molecule has 7 heteroatoms. The van der Waals surface area contributed by atoms with Crippen LogP contribution >= 0.6 is 0 Å². The summed E-state index contributed by atoms with van der Waals surface area (Å²) in [7, 11) is 0. The molecule has 1 aromatic heterocycles. The molecule has 1 unspecified atom stereocenters. The maximum absolute atomic E-state index is 13.1. The van der Waals surface area contributed by atoms with Gasteiger partial charge in [0.2, 0.25) is 5.91 Å². The quantitative estimate of drug-likeness (QED) is 0.760. The SMILES string of the molecule is O=C(C1CCCCC1)N1CCCCC1c1noc(COc2ccc(F)cc2)n1. The first-order valence-corrected chi connectivity index (χ1v) is 10.2. The van der Waals surface area contributed by atoms with Crippen molar-refractivity contribution in [3.05, 3.63) is 41.8 Å². The van der Waals surface area contributed by atoms with E-state index in [1.807, 2.05) is 4.90 Å². The van der Waals surface area contributed by atoms with Gasteiger partial charge in [-0.05, 0) is 56.4 Å². The smallest absolute Gasteiger partial charge is 0.264 e. The molecule has 4 rings (SSSR count). The van der Waals surface area contributed by atoms with E-state index in [9.17, 15) is 9.18 Å². The molecule has 0 bridgehead atoms. The normalized spacial score (nSPS) is 20.9. The minimum absolute atomic E-state index is 0.113. The number of hydrogen-bond donors (Lipinski definition) is 0. The third kappa shape index (κ3) is 4.34. The molecule has 0 radical (unpaired) electrons. The van der Waals surface area contributed by atoms with Gasteiger partial charge in [-0.15, -0.1) is 0 Å². The van der Waals surface area contributed by atoms with E-state index in [-0.39, 0.29) is 30.3 Å². The standard InChI is InChI=1S/C21H26FN3O3/c22-16-9-11-17(12-10-16)27-14-19-23-20(24-28-19)18-8-4-5-13-25(18)21(26)15-6-2-1-3-7-15/h9-12,15,18H,1-8,13-14H2. The molecular weight excluding hydrogens is 361 g/mol. The Balaban J connectivity index is 1.41. The van der Waals surface area contributed by atoms with Crippen molar-refractivity contribution in [1.29, 1.82) is 0 Å². The van der Waals surface area contributed by atoms with E-state index in [0.29, 0.717) is 17.5 Å². The predicted molar refractivity (Wildman–Crippen MR) is 99.9 cm³/mol. The molecule has 28 heavy (non-hydrogen) atoms. The van der Waals surface area contributed by atoms with Gasteiger partial charge in [-0.2, -0.15) is 4.98 Å². The number of ether oxygens (including phenoxy) is 1. The van der Waals surface area contributed by atoms with Crippen LogP contribution < -0.4 is 4.74 Å². The van der Waals surface area contributed by atoms with Crippen molar-refractivity contribution in [1.82, 2.24) is 15.0 Å². The van der Waals surface area contributed by atoms with E-state index in [1.165, 1.54) is 18.6 Å². The summed E-state index contributed by atoms with van der Waals surface area (Å²) in [6.07, 6.45) is 8.42. The summed E-state index contributed by atoms with van der Waals surface area (Å²) in [5, 5.41) is 4.12. The van der Waals surface area contributed by atoms with Crippen molar-refractivity contribution in [2.24, 2.45) is 5.92 Å². The van der Waals surface area contributed by atoms with E-state index < -0.39 is 0 Å². The van der Waals surface area contributed by atoms with Crippen LogP contribution in [0.4, 0.5) is 4.39 Å². The average Bonchev–Trinajstić information content (AvgIpc) is 3.22. The van der Waals surface area contributed by atoms with Crippen molar-refractivity contribution in [3.63, 3.8) is 0 Å². The highest BCUT2D eigenvalue weighted by Gasteiger charge is 2.35. The van der Waals surface area contributed by atoms with E-state index in [1.54, 1.807) is 12.1 Å². The minimum atomic E-state index is -0.313. The van der Waals surface area contributed by atoms with Crippen molar-refractivity contribution in [3.8, 4) is 5.75 Å². The van der Waals surface area contributed by atoms with Crippen molar-refractivity contribution < 1.29 is 18.4 Å². The largest absolute Gasteiger partial charge is 0.484 e. The van der Waals surface area contributed by atoms with Crippen LogP contribution in [0, 0.1) is 11.7 Å². The van der Waals surface area contributed by atoms with Crippen molar-refractivity contribution in [2.45, 2.75) is 64.0 Å². The molecule has 1 amide bonds. The van der Waals surface area contributed by atoms with E-state index in [2.05, 4.69) is 10.1 Å². The number of carbonyl (C=O) groups excluding carboxylic acids is 1. The lowest BCUT2D eigenvalue weighted by Crippen LogP contribution is -2.42. The second-order valence-corrected chi connectivity index (χ2v) is 7.67. The molecule has 0 spiro atoms. The lowest BCUT2D eigenvalue weighted by molar-refractivity contribution is -0.140. The van der Waals surface area contributed by atoms with Gasteiger partial charge in [-0.25, -0.2) is 4.39 Å². The number of hydrogen-bond acceptors (Lipinski definition) is 5.